The first kappa shape index (κ1) is 15.2. The van der Waals surface area contributed by atoms with Gasteiger partial charge < -0.3 is 10.1 Å². The van der Waals surface area contributed by atoms with Crippen molar-refractivity contribution >= 4 is 5.82 Å². The number of anilines is 1. The lowest BCUT2D eigenvalue weighted by Gasteiger charge is -2.19. The third kappa shape index (κ3) is 3.12. The van der Waals surface area contributed by atoms with Crippen molar-refractivity contribution in [2.75, 3.05) is 19.5 Å². The van der Waals surface area contributed by atoms with Gasteiger partial charge in [-0.15, -0.1) is 0 Å². The summed E-state index contributed by atoms with van der Waals surface area (Å²) < 4.78 is 19.4. The first-order chi connectivity index (χ1) is 9.86. The van der Waals surface area contributed by atoms with Crippen LogP contribution in [-0.4, -0.2) is 24.1 Å². The van der Waals surface area contributed by atoms with Gasteiger partial charge in [0, 0.05) is 24.1 Å². The summed E-state index contributed by atoms with van der Waals surface area (Å²) in [5.74, 6) is 1.11. The minimum absolute atomic E-state index is 0.203. The Labute approximate surface area is 124 Å². The molecule has 0 fully saturated rings. The number of aromatic nitrogens is 2. The first-order valence-corrected chi connectivity index (χ1v) is 6.77. The Bertz CT molecular complexity index is 650. The molecule has 1 aromatic carbocycles. The summed E-state index contributed by atoms with van der Waals surface area (Å²) in [6.07, 6.45) is 0. The van der Waals surface area contributed by atoms with E-state index in [-0.39, 0.29) is 11.2 Å². The molecule has 0 bridgehead atoms. The number of ether oxygens (including phenoxy) is 1. The Balaban J connectivity index is 2.64. The SMILES string of the molecule is CNc1cc(-c2cccc(OC)c2F)nc(C(C)(C)C)n1. The van der Waals surface area contributed by atoms with E-state index in [2.05, 4.69) is 15.3 Å². The highest BCUT2D eigenvalue weighted by Crippen LogP contribution is 2.30. The van der Waals surface area contributed by atoms with Crippen molar-refractivity contribution in [3.05, 3.63) is 35.9 Å². The first-order valence-electron chi connectivity index (χ1n) is 6.77. The van der Waals surface area contributed by atoms with Crippen LogP contribution in [-0.2, 0) is 5.41 Å². The van der Waals surface area contributed by atoms with E-state index in [4.69, 9.17) is 4.74 Å². The minimum atomic E-state index is -0.416. The van der Waals surface area contributed by atoms with Crippen LogP contribution >= 0.6 is 0 Å². The van der Waals surface area contributed by atoms with Crippen LogP contribution in [0.1, 0.15) is 26.6 Å². The van der Waals surface area contributed by atoms with Gasteiger partial charge in [0.05, 0.1) is 12.8 Å². The highest BCUT2D eigenvalue weighted by molar-refractivity contribution is 5.65. The van der Waals surface area contributed by atoms with Gasteiger partial charge in [-0.3, -0.25) is 0 Å². The summed E-state index contributed by atoms with van der Waals surface area (Å²) in [4.78, 5) is 8.96. The molecule has 0 aliphatic carbocycles. The largest absolute Gasteiger partial charge is 0.494 e. The van der Waals surface area contributed by atoms with Crippen LogP contribution in [0.2, 0.25) is 0 Å². The molecule has 0 saturated carbocycles. The predicted octanol–water partition coefficient (Wildman–Crippen LogP) is 3.63. The molecular weight excluding hydrogens is 269 g/mol. The molecule has 1 aromatic heterocycles. The van der Waals surface area contributed by atoms with Crippen LogP contribution in [0, 0.1) is 5.82 Å². The number of nitrogens with zero attached hydrogens (tertiary/aromatic N) is 2. The third-order valence-electron chi connectivity index (χ3n) is 3.11. The molecule has 112 valence electrons. The highest BCUT2D eigenvalue weighted by Gasteiger charge is 2.21. The molecule has 1 N–H and O–H groups in total. The van der Waals surface area contributed by atoms with Gasteiger partial charge in [-0.05, 0) is 12.1 Å². The Hall–Kier alpha value is -2.17. The number of nitrogens with one attached hydrogen (secondary N) is 1. The summed E-state index contributed by atoms with van der Waals surface area (Å²) in [5, 5.41) is 2.99. The number of methoxy groups -OCH3 is 1. The van der Waals surface area contributed by atoms with E-state index >= 15 is 0 Å². The fourth-order valence-electron chi connectivity index (χ4n) is 1.91. The van der Waals surface area contributed by atoms with Gasteiger partial charge >= 0.3 is 0 Å². The topological polar surface area (TPSA) is 47.0 Å². The van der Waals surface area contributed by atoms with Crippen LogP contribution in [0.3, 0.4) is 0 Å². The fraction of sp³-hybridized carbons (Fsp3) is 0.375. The maximum Gasteiger partial charge on any atom is 0.174 e. The maximum absolute atomic E-state index is 14.4. The fourth-order valence-corrected chi connectivity index (χ4v) is 1.91. The monoisotopic (exact) mass is 289 g/mol. The van der Waals surface area contributed by atoms with E-state index in [0.717, 1.165) is 0 Å². The van der Waals surface area contributed by atoms with E-state index in [1.54, 1.807) is 31.3 Å². The lowest BCUT2D eigenvalue weighted by molar-refractivity contribution is 0.387. The van der Waals surface area contributed by atoms with Gasteiger partial charge in [0.25, 0.3) is 0 Å². The number of hydrogen-bond acceptors (Lipinski definition) is 4. The van der Waals surface area contributed by atoms with Crippen LogP contribution in [0.4, 0.5) is 10.2 Å². The average molecular weight is 289 g/mol. The third-order valence-corrected chi connectivity index (χ3v) is 3.11. The van der Waals surface area contributed by atoms with Gasteiger partial charge in [-0.2, -0.15) is 0 Å². The number of halogens is 1. The zero-order valence-electron chi connectivity index (χ0n) is 13.0. The van der Waals surface area contributed by atoms with E-state index in [0.29, 0.717) is 22.9 Å². The number of rotatable bonds is 3. The second-order valence-electron chi connectivity index (χ2n) is 5.78. The summed E-state index contributed by atoms with van der Waals surface area (Å²) in [6, 6.07) is 6.75. The van der Waals surface area contributed by atoms with Crippen molar-refractivity contribution in [1.29, 1.82) is 0 Å². The molecule has 4 nitrogen and oxygen atoms in total. The molecule has 2 aromatic rings. The summed E-state index contributed by atoms with van der Waals surface area (Å²) in [6.45, 7) is 6.06. The second kappa shape index (κ2) is 5.68. The summed E-state index contributed by atoms with van der Waals surface area (Å²) in [5.41, 5.74) is 0.714. The van der Waals surface area contributed by atoms with Crippen LogP contribution in [0.5, 0.6) is 5.75 Å². The molecule has 0 unspecified atom stereocenters. The molecule has 0 atom stereocenters. The van der Waals surface area contributed by atoms with Crippen molar-refractivity contribution in [2.45, 2.75) is 26.2 Å². The lowest BCUT2D eigenvalue weighted by atomic mass is 9.95. The maximum atomic E-state index is 14.4. The van der Waals surface area contributed by atoms with Crippen molar-refractivity contribution in [3.8, 4) is 17.0 Å². The Morgan fingerprint density at radius 1 is 1.19 bits per heavy atom. The van der Waals surface area contributed by atoms with Gasteiger partial charge in [-0.25, -0.2) is 14.4 Å². The van der Waals surface area contributed by atoms with E-state index in [1.807, 2.05) is 20.8 Å². The van der Waals surface area contributed by atoms with Gasteiger partial charge in [0.15, 0.2) is 11.6 Å². The molecule has 0 radical (unpaired) electrons. The van der Waals surface area contributed by atoms with Crippen molar-refractivity contribution in [1.82, 2.24) is 9.97 Å². The van der Waals surface area contributed by atoms with Gasteiger partial charge in [0.1, 0.15) is 11.6 Å². The molecule has 0 aliphatic heterocycles. The quantitative estimate of drug-likeness (QED) is 0.937. The normalized spacial score (nSPS) is 11.3. The van der Waals surface area contributed by atoms with Gasteiger partial charge in [0.2, 0.25) is 0 Å². The lowest BCUT2D eigenvalue weighted by Crippen LogP contribution is -2.17. The number of benzene rings is 1. The summed E-state index contributed by atoms with van der Waals surface area (Å²) in [7, 11) is 3.22. The Kier molecular flexibility index (Phi) is 4.11. The van der Waals surface area contributed by atoms with Crippen molar-refractivity contribution < 1.29 is 9.13 Å². The summed E-state index contributed by atoms with van der Waals surface area (Å²) >= 11 is 0. The number of hydrogen-bond donors (Lipinski definition) is 1. The standard InChI is InChI=1S/C16H20FN3O/c1-16(2,3)15-19-11(9-13(18-4)20-15)10-7-6-8-12(21-5)14(10)17/h6-9H,1-5H3,(H,18,19,20). The molecule has 1 heterocycles. The smallest absolute Gasteiger partial charge is 0.174 e. The van der Waals surface area contributed by atoms with Crippen LogP contribution in [0.25, 0.3) is 11.3 Å². The molecule has 0 aliphatic rings. The Morgan fingerprint density at radius 3 is 2.48 bits per heavy atom. The molecule has 5 heteroatoms. The highest BCUT2D eigenvalue weighted by atomic mass is 19.1. The Morgan fingerprint density at radius 2 is 1.90 bits per heavy atom. The van der Waals surface area contributed by atoms with Crippen LogP contribution < -0.4 is 10.1 Å². The van der Waals surface area contributed by atoms with Crippen LogP contribution in [0.15, 0.2) is 24.3 Å². The second-order valence-corrected chi connectivity index (χ2v) is 5.78. The molecule has 2 rings (SSSR count). The minimum Gasteiger partial charge on any atom is -0.494 e. The van der Waals surface area contributed by atoms with E-state index in [9.17, 15) is 4.39 Å². The molecule has 0 spiro atoms. The molecule has 0 amide bonds. The molecular formula is C16H20FN3O. The van der Waals surface area contributed by atoms with Crippen molar-refractivity contribution in [3.63, 3.8) is 0 Å². The molecule has 0 saturated heterocycles. The zero-order valence-corrected chi connectivity index (χ0v) is 13.0. The zero-order chi connectivity index (χ0) is 15.6. The van der Waals surface area contributed by atoms with Gasteiger partial charge in [-0.1, -0.05) is 26.8 Å². The molecule has 21 heavy (non-hydrogen) atoms. The van der Waals surface area contributed by atoms with E-state index < -0.39 is 5.82 Å². The average Bonchev–Trinajstić information content (AvgIpc) is 2.46. The predicted molar refractivity (Wildman–Crippen MR) is 82.2 cm³/mol. The van der Waals surface area contributed by atoms with Crippen molar-refractivity contribution in [2.24, 2.45) is 0 Å². The van der Waals surface area contributed by atoms with E-state index in [1.165, 1.54) is 7.11 Å².